The van der Waals surface area contributed by atoms with Crippen LogP contribution in [0.15, 0.2) is 12.2 Å². The maximum Gasteiger partial charge on any atom is 0.305 e. The number of carboxylic acids is 1. The second-order valence-corrected chi connectivity index (χ2v) is 3.36. The predicted molar refractivity (Wildman–Crippen MR) is 53.4 cm³/mol. The lowest BCUT2D eigenvalue weighted by atomic mass is 10.1. The van der Waals surface area contributed by atoms with Crippen molar-refractivity contribution in [3.05, 3.63) is 12.2 Å². The Morgan fingerprint density at radius 2 is 2.33 bits per heavy atom. The van der Waals surface area contributed by atoms with Crippen LogP contribution in [0.3, 0.4) is 0 Å². The number of hydrogen-bond donors (Lipinski definition) is 1. The van der Waals surface area contributed by atoms with E-state index >= 15 is 0 Å². The number of rotatable bonds is 3. The van der Waals surface area contributed by atoms with E-state index < -0.39 is 5.97 Å². The largest absolute Gasteiger partial charge is 0.481 e. The molecule has 84 valence electrons. The zero-order chi connectivity index (χ0) is 11.3. The van der Waals surface area contributed by atoms with Crippen molar-refractivity contribution in [3.63, 3.8) is 0 Å². The summed E-state index contributed by atoms with van der Waals surface area (Å²) >= 11 is 0. The summed E-state index contributed by atoms with van der Waals surface area (Å²) in [5.74, 6) is -1.06. The monoisotopic (exact) mass is 213 g/mol. The first-order chi connectivity index (χ1) is 7.15. The van der Waals surface area contributed by atoms with E-state index in [0.717, 1.165) is 0 Å². The maximum absolute atomic E-state index is 11.6. The van der Waals surface area contributed by atoms with E-state index in [2.05, 4.69) is 0 Å². The molecule has 1 aliphatic rings. The summed E-state index contributed by atoms with van der Waals surface area (Å²) in [5.41, 5.74) is 0. The third kappa shape index (κ3) is 3.36. The fraction of sp³-hybridized carbons (Fsp3) is 0.600. The Labute approximate surface area is 88.3 Å². The van der Waals surface area contributed by atoms with Crippen LogP contribution in [0.4, 0.5) is 0 Å². The molecule has 1 atom stereocenters. The lowest BCUT2D eigenvalue weighted by molar-refractivity contribution is -0.143. The van der Waals surface area contributed by atoms with Crippen LogP contribution < -0.4 is 0 Å². The summed E-state index contributed by atoms with van der Waals surface area (Å²) in [6.07, 6.45) is 3.03. The van der Waals surface area contributed by atoms with Gasteiger partial charge in [0.1, 0.15) is 0 Å². The van der Waals surface area contributed by atoms with Crippen molar-refractivity contribution < 1.29 is 19.4 Å². The van der Waals surface area contributed by atoms with Crippen LogP contribution in [0.5, 0.6) is 0 Å². The van der Waals surface area contributed by atoms with Gasteiger partial charge in [-0.3, -0.25) is 9.59 Å². The van der Waals surface area contributed by atoms with Crippen molar-refractivity contribution in [2.45, 2.75) is 19.4 Å². The molecule has 1 saturated heterocycles. The van der Waals surface area contributed by atoms with Gasteiger partial charge in [-0.25, -0.2) is 0 Å². The summed E-state index contributed by atoms with van der Waals surface area (Å²) in [5, 5.41) is 8.68. The number of ether oxygens (including phenoxy) is 1. The Kier molecular flexibility index (Phi) is 4.30. The molecular weight excluding hydrogens is 198 g/mol. The average molecular weight is 213 g/mol. The van der Waals surface area contributed by atoms with Gasteiger partial charge in [0, 0.05) is 6.54 Å². The fourth-order valence-corrected chi connectivity index (χ4v) is 1.55. The number of carboxylic acid groups (broad SMARTS) is 1. The van der Waals surface area contributed by atoms with E-state index in [9.17, 15) is 9.59 Å². The lowest BCUT2D eigenvalue weighted by Crippen LogP contribution is -2.49. The number of carbonyl (C=O) groups excluding carboxylic acids is 1. The van der Waals surface area contributed by atoms with Crippen molar-refractivity contribution in [1.29, 1.82) is 0 Å². The lowest BCUT2D eigenvalue weighted by Gasteiger charge is -2.34. The summed E-state index contributed by atoms with van der Waals surface area (Å²) in [7, 11) is 0. The molecule has 0 aromatic rings. The molecule has 1 N–H and O–H groups in total. The van der Waals surface area contributed by atoms with Crippen molar-refractivity contribution in [3.8, 4) is 0 Å². The van der Waals surface area contributed by atoms with Crippen LogP contribution in [0, 0.1) is 0 Å². The summed E-state index contributed by atoms with van der Waals surface area (Å²) in [6, 6.07) is -0.347. The Morgan fingerprint density at radius 1 is 1.60 bits per heavy atom. The van der Waals surface area contributed by atoms with Crippen LogP contribution in [0.25, 0.3) is 0 Å². The van der Waals surface area contributed by atoms with Gasteiger partial charge in [-0.2, -0.15) is 0 Å². The molecule has 0 saturated carbocycles. The van der Waals surface area contributed by atoms with Crippen molar-refractivity contribution >= 4 is 11.9 Å². The highest BCUT2D eigenvalue weighted by Crippen LogP contribution is 2.11. The summed E-state index contributed by atoms with van der Waals surface area (Å²) < 4.78 is 5.16. The van der Waals surface area contributed by atoms with Crippen LogP contribution in [0.1, 0.15) is 13.3 Å². The van der Waals surface area contributed by atoms with Gasteiger partial charge in [0.2, 0.25) is 5.91 Å². The first-order valence-corrected chi connectivity index (χ1v) is 4.88. The quantitative estimate of drug-likeness (QED) is 0.683. The SMILES string of the molecule is CC=CC(=O)N1CCOCC1CC(=O)O. The average Bonchev–Trinajstić information content (AvgIpc) is 2.18. The van der Waals surface area contributed by atoms with Crippen molar-refractivity contribution in [2.75, 3.05) is 19.8 Å². The topological polar surface area (TPSA) is 66.8 Å². The summed E-state index contributed by atoms with van der Waals surface area (Å²) in [6.45, 7) is 2.99. The molecule has 5 nitrogen and oxygen atoms in total. The molecule has 1 unspecified atom stereocenters. The van der Waals surface area contributed by atoms with E-state index in [0.29, 0.717) is 19.8 Å². The standard InChI is InChI=1S/C10H15NO4/c1-2-3-9(12)11-4-5-15-7-8(11)6-10(13)14/h2-3,8H,4-7H2,1H3,(H,13,14). The molecule has 0 aromatic carbocycles. The van der Waals surface area contributed by atoms with Gasteiger partial charge in [-0.1, -0.05) is 6.08 Å². The first-order valence-electron chi connectivity index (χ1n) is 4.88. The number of allylic oxidation sites excluding steroid dienone is 1. The second-order valence-electron chi connectivity index (χ2n) is 3.36. The van der Waals surface area contributed by atoms with Crippen LogP contribution in [-0.2, 0) is 14.3 Å². The molecule has 15 heavy (non-hydrogen) atoms. The molecule has 1 heterocycles. The highest BCUT2D eigenvalue weighted by Gasteiger charge is 2.27. The number of aliphatic carboxylic acids is 1. The highest BCUT2D eigenvalue weighted by atomic mass is 16.5. The molecule has 1 rings (SSSR count). The molecule has 0 radical (unpaired) electrons. The number of carbonyl (C=O) groups is 2. The normalized spacial score (nSPS) is 21.9. The van der Waals surface area contributed by atoms with E-state index in [1.807, 2.05) is 0 Å². The van der Waals surface area contributed by atoms with E-state index in [-0.39, 0.29) is 18.4 Å². The maximum atomic E-state index is 11.6. The van der Waals surface area contributed by atoms with Crippen LogP contribution in [0.2, 0.25) is 0 Å². The fourth-order valence-electron chi connectivity index (χ4n) is 1.55. The minimum absolute atomic E-state index is 0.0662. The first kappa shape index (κ1) is 11.7. The van der Waals surface area contributed by atoms with Gasteiger partial charge < -0.3 is 14.7 Å². The number of nitrogens with zero attached hydrogens (tertiary/aromatic N) is 1. The van der Waals surface area contributed by atoms with Gasteiger partial charge in [0.05, 0.1) is 25.7 Å². The molecule has 1 fully saturated rings. The third-order valence-electron chi connectivity index (χ3n) is 2.23. The van der Waals surface area contributed by atoms with Gasteiger partial charge >= 0.3 is 5.97 Å². The minimum Gasteiger partial charge on any atom is -0.481 e. The number of morpholine rings is 1. The summed E-state index contributed by atoms with van der Waals surface area (Å²) in [4.78, 5) is 23.7. The highest BCUT2D eigenvalue weighted by molar-refractivity contribution is 5.88. The molecule has 0 aromatic heterocycles. The van der Waals surface area contributed by atoms with Gasteiger partial charge in [0.25, 0.3) is 0 Å². The number of hydrogen-bond acceptors (Lipinski definition) is 3. The molecule has 0 spiro atoms. The molecule has 0 bridgehead atoms. The van der Waals surface area contributed by atoms with Gasteiger partial charge in [0.15, 0.2) is 0 Å². The van der Waals surface area contributed by atoms with Crippen molar-refractivity contribution in [2.24, 2.45) is 0 Å². The number of amides is 1. The Balaban J connectivity index is 2.64. The van der Waals surface area contributed by atoms with Crippen LogP contribution >= 0.6 is 0 Å². The molecule has 1 aliphatic heterocycles. The molecular formula is C10H15NO4. The Hall–Kier alpha value is -1.36. The third-order valence-corrected chi connectivity index (χ3v) is 2.23. The van der Waals surface area contributed by atoms with E-state index in [1.165, 1.54) is 6.08 Å². The van der Waals surface area contributed by atoms with Crippen LogP contribution in [-0.4, -0.2) is 47.7 Å². The predicted octanol–water partition coefficient (Wildman–Crippen LogP) is 0.265. The van der Waals surface area contributed by atoms with Gasteiger partial charge in [-0.05, 0) is 13.0 Å². The zero-order valence-corrected chi connectivity index (χ0v) is 8.68. The molecule has 0 aliphatic carbocycles. The second kappa shape index (κ2) is 5.50. The van der Waals surface area contributed by atoms with E-state index in [4.69, 9.17) is 9.84 Å². The van der Waals surface area contributed by atoms with E-state index in [1.54, 1.807) is 17.9 Å². The van der Waals surface area contributed by atoms with Crippen molar-refractivity contribution in [1.82, 2.24) is 4.90 Å². The Morgan fingerprint density at radius 3 is 2.93 bits per heavy atom. The molecule has 1 amide bonds. The molecule has 5 heteroatoms. The zero-order valence-electron chi connectivity index (χ0n) is 8.68. The Bertz CT molecular complexity index is 275. The minimum atomic E-state index is -0.913. The smallest absolute Gasteiger partial charge is 0.305 e. The van der Waals surface area contributed by atoms with Gasteiger partial charge in [-0.15, -0.1) is 0 Å².